The van der Waals surface area contributed by atoms with Gasteiger partial charge in [-0.25, -0.2) is 9.50 Å². The summed E-state index contributed by atoms with van der Waals surface area (Å²) in [5.74, 6) is -1.56. The van der Waals surface area contributed by atoms with Crippen LogP contribution < -0.4 is 5.73 Å². The van der Waals surface area contributed by atoms with Gasteiger partial charge in [-0.15, -0.1) is 0 Å². The molecule has 0 saturated carbocycles. The minimum Gasteiger partial charge on any atom is -0.382 e. The van der Waals surface area contributed by atoms with Crippen molar-refractivity contribution in [2.75, 3.05) is 38.8 Å². The summed E-state index contributed by atoms with van der Waals surface area (Å²) >= 11 is 0. The second-order valence-corrected chi connectivity index (χ2v) is 9.54. The molecule has 36 heavy (non-hydrogen) atoms. The Bertz CT molecular complexity index is 1050. The SMILES string of the molecule is CC(C)=CCOC[C@@H](OC(O)(COCC=C(C)C)c1ccc2c(N)ncnn12)[C@H](C)OCC=C(C)C. The van der Waals surface area contributed by atoms with Gasteiger partial charge in [0.2, 0.25) is 5.79 Å². The molecule has 2 rings (SSSR count). The van der Waals surface area contributed by atoms with Crippen LogP contribution in [-0.4, -0.2) is 64.9 Å². The van der Waals surface area contributed by atoms with Crippen LogP contribution in [0.5, 0.6) is 0 Å². The van der Waals surface area contributed by atoms with Crippen LogP contribution in [0.25, 0.3) is 5.52 Å². The van der Waals surface area contributed by atoms with Gasteiger partial charge in [0.15, 0.2) is 5.82 Å². The maximum atomic E-state index is 11.9. The van der Waals surface area contributed by atoms with Crippen LogP contribution in [0.4, 0.5) is 5.82 Å². The van der Waals surface area contributed by atoms with Crippen LogP contribution in [0.3, 0.4) is 0 Å². The van der Waals surface area contributed by atoms with Crippen LogP contribution in [0.15, 0.2) is 53.4 Å². The third-order valence-electron chi connectivity index (χ3n) is 5.40. The van der Waals surface area contributed by atoms with Gasteiger partial charge in [-0.05, 0) is 60.6 Å². The van der Waals surface area contributed by atoms with Gasteiger partial charge in [-0.3, -0.25) is 0 Å². The van der Waals surface area contributed by atoms with Crippen molar-refractivity contribution in [3.05, 3.63) is 59.1 Å². The number of nitrogen functional groups attached to an aromatic ring is 1. The van der Waals surface area contributed by atoms with Crippen molar-refractivity contribution in [2.24, 2.45) is 0 Å². The summed E-state index contributed by atoms with van der Waals surface area (Å²) in [5, 5.41) is 16.2. The molecule has 3 atom stereocenters. The highest BCUT2D eigenvalue weighted by Crippen LogP contribution is 2.29. The normalized spacial score (nSPS) is 14.7. The molecular weight excluding hydrogens is 460 g/mol. The Balaban J connectivity index is 2.36. The number of fused-ring (bicyclic) bond motifs is 1. The Kier molecular flexibility index (Phi) is 11.7. The van der Waals surface area contributed by atoms with Gasteiger partial charge in [0, 0.05) is 0 Å². The first-order valence-corrected chi connectivity index (χ1v) is 12.2. The van der Waals surface area contributed by atoms with Crippen molar-refractivity contribution in [3.63, 3.8) is 0 Å². The molecule has 0 saturated heterocycles. The van der Waals surface area contributed by atoms with Crippen molar-refractivity contribution < 1.29 is 24.1 Å². The van der Waals surface area contributed by atoms with Crippen LogP contribution >= 0.6 is 0 Å². The van der Waals surface area contributed by atoms with Gasteiger partial charge in [0.25, 0.3) is 0 Å². The van der Waals surface area contributed by atoms with E-state index in [9.17, 15) is 5.11 Å². The first-order chi connectivity index (χ1) is 17.0. The Hall–Kier alpha value is -2.56. The summed E-state index contributed by atoms with van der Waals surface area (Å²) in [5.41, 5.74) is 10.4. The number of nitrogens with zero attached hydrogens (tertiary/aromatic N) is 3. The fourth-order valence-electron chi connectivity index (χ4n) is 3.24. The van der Waals surface area contributed by atoms with Gasteiger partial charge in [0.1, 0.15) is 30.2 Å². The number of allylic oxidation sites excluding steroid dienone is 3. The fourth-order valence-corrected chi connectivity index (χ4v) is 3.24. The van der Waals surface area contributed by atoms with Gasteiger partial charge in [0.05, 0.1) is 32.5 Å². The highest BCUT2D eigenvalue weighted by atomic mass is 16.7. The molecule has 2 aromatic heterocycles. The van der Waals surface area contributed by atoms with Gasteiger partial charge < -0.3 is 29.8 Å². The largest absolute Gasteiger partial charge is 0.382 e. The zero-order valence-electron chi connectivity index (χ0n) is 22.7. The fraction of sp³-hybridized carbons (Fsp3) is 0.556. The van der Waals surface area contributed by atoms with Gasteiger partial charge in [-0.2, -0.15) is 5.10 Å². The predicted octanol–water partition coefficient (Wildman–Crippen LogP) is 4.18. The number of aromatic nitrogens is 3. The van der Waals surface area contributed by atoms with Crippen LogP contribution in [0, 0.1) is 0 Å². The number of anilines is 1. The number of ether oxygens (including phenoxy) is 4. The topological polar surface area (TPSA) is 113 Å². The number of hydrogen-bond acceptors (Lipinski definition) is 8. The third kappa shape index (κ3) is 9.15. The van der Waals surface area contributed by atoms with Crippen molar-refractivity contribution in [3.8, 4) is 0 Å². The molecule has 0 aliphatic heterocycles. The molecule has 1 unspecified atom stereocenters. The number of hydrogen-bond donors (Lipinski definition) is 2. The molecule has 9 nitrogen and oxygen atoms in total. The summed E-state index contributed by atoms with van der Waals surface area (Å²) in [6, 6.07) is 3.45. The van der Waals surface area contributed by atoms with Crippen molar-refractivity contribution in [1.29, 1.82) is 0 Å². The molecular formula is C27H42N4O5. The highest BCUT2D eigenvalue weighted by molar-refractivity contribution is 5.65. The molecule has 2 aromatic rings. The zero-order chi connectivity index (χ0) is 26.7. The van der Waals surface area contributed by atoms with Crippen molar-refractivity contribution >= 4 is 11.3 Å². The molecule has 0 fully saturated rings. The Morgan fingerprint density at radius 3 is 2.25 bits per heavy atom. The second kappa shape index (κ2) is 14.2. The van der Waals surface area contributed by atoms with Gasteiger partial charge >= 0.3 is 0 Å². The molecule has 0 spiro atoms. The summed E-state index contributed by atoms with van der Waals surface area (Å²) in [4.78, 5) is 4.03. The molecule has 0 bridgehead atoms. The Morgan fingerprint density at radius 1 is 1.00 bits per heavy atom. The van der Waals surface area contributed by atoms with E-state index in [2.05, 4.69) is 10.1 Å². The van der Waals surface area contributed by atoms with Crippen molar-refractivity contribution in [1.82, 2.24) is 14.6 Å². The minimum absolute atomic E-state index is 0.141. The molecule has 0 aromatic carbocycles. The molecule has 0 radical (unpaired) electrons. The lowest BCUT2D eigenvalue weighted by molar-refractivity contribution is -0.286. The van der Waals surface area contributed by atoms with E-state index in [1.807, 2.05) is 66.7 Å². The Morgan fingerprint density at radius 2 is 1.61 bits per heavy atom. The molecule has 9 heteroatoms. The van der Waals surface area contributed by atoms with E-state index in [4.69, 9.17) is 24.7 Å². The highest BCUT2D eigenvalue weighted by Gasteiger charge is 2.39. The van der Waals surface area contributed by atoms with Gasteiger partial charge in [-0.1, -0.05) is 34.9 Å². The van der Waals surface area contributed by atoms with Crippen molar-refractivity contribution in [2.45, 2.75) is 66.5 Å². The van der Waals surface area contributed by atoms with E-state index >= 15 is 0 Å². The molecule has 0 amide bonds. The quantitative estimate of drug-likeness (QED) is 0.212. The molecule has 3 N–H and O–H groups in total. The summed E-state index contributed by atoms with van der Waals surface area (Å²) < 4.78 is 25.6. The maximum Gasteiger partial charge on any atom is 0.234 e. The lowest BCUT2D eigenvalue weighted by Crippen LogP contribution is -2.45. The third-order valence-corrected chi connectivity index (χ3v) is 5.40. The first-order valence-electron chi connectivity index (χ1n) is 12.2. The van der Waals surface area contributed by atoms with E-state index in [-0.39, 0.29) is 19.3 Å². The van der Waals surface area contributed by atoms with Crippen LogP contribution in [0.2, 0.25) is 0 Å². The number of aliphatic hydroxyl groups is 1. The van der Waals surface area contributed by atoms with E-state index < -0.39 is 11.9 Å². The summed E-state index contributed by atoms with van der Waals surface area (Å²) in [7, 11) is 0. The molecule has 200 valence electrons. The second-order valence-electron chi connectivity index (χ2n) is 9.54. The standard InChI is InChI=1S/C27H42N4O5/c1-19(2)10-13-33-16-24(22(7)35-15-12-21(5)6)36-27(32,17-34-14-11-20(3)4)25-9-8-23-26(28)29-18-30-31(23)25/h8-12,18,22,24,32H,13-17H2,1-7H3,(H2,28,29,30)/t22-,24+,27?/m0/s1. The molecule has 2 heterocycles. The maximum absolute atomic E-state index is 11.9. The summed E-state index contributed by atoms with van der Waals surface area (Å²) in [6.07, 6.45) is 6.25. The average Bonchev–Trinajstić information content (AvgIpc) is 3.24. The molecule has 0 aliphatic carbocycles. The van der Waals surface area contributed by atoms with E-state index in [1.54, 1.807) is 12.1 Å². The summed E-state index contributed by atoms with van der Waals surface area (Å²) in [6.45, 7) is 15.1. The first kappa shape index (κ1) is 29.7. The minimum atomic E-state index is -1.86. The number of rotatable bonds is 15. The predicted molar refractivity (Wildman–Crippen MR) is 142 cm³/mol. The van der Waals surface area contributed by atoms with E-state index in [0.717, 1.165) is 16.7 Å². The monoisotopic (exact) mass is 502 g/mol. The lowest BCUT2D eigenvalue weighted by atomic mass is 10.1. The van der Waals surface area contributed by atoms with Crippen LogP contribution in [-0.2, 0) is 24.7 Å². The van der Waals surface area contributed by atoms with E-state index in [0.29, 0.717) is 36.8 Å². The van der Waals surface area contributed by atoms with Crippen LogP contribution in [0.1, 0.15) is 54.2 Å². The zero-order valence-corrected chi connectivity index (χ0v) is 22.7. The smallest absolute Gasteiger partial charge is 0.234 e. The number of nitrogens with two attached hydrogens (primary N) is 1. The molecule has 0 aliphatic rings. The Labute approximate surface area is 214 Å². The van der Waals surface area contributed by atoms with E-state index in [1.165, 1.54) is 10.8 Å². The lowest BCUT2D eigenvalue weighted by Gasteiger charge is -2.34. The average molecular weight is 503 g/mol.